The van der Waals surface area contributed by atoms with E-state index in [4.69, 9.17) is 0 Å². The van der Waals surface area contributed by atoms with Gasteiger partial charge < -0.3 is 10.6 Å². The number of carbonyl (C=O) groups is 1. The molecule has 0 saturated heterocycles. The first-order valence-electron chi connectivity index (χ1n) is 9.19. The zero-order valence-corrected chi connectivity index (χ0v) is 15.3. The molecule has 2 N–H and O–H groups in total. The van der Waals surface area contributed by atoms with Gasteiger partial charge >= 0.3 is 6.18 Å². The molecule has 0 spiro atoms. The summed E-state index contributed by atoms with van der Waals surface area (Å²) in [7, 11) is 0. The van der Waals surface area contributed by atoms with Gasteiger partial charge in [-0.3, -0.25) is 9.36 Å². The zero-order valence-electron chi connectivity index (χ0n) is 15.3. The first-order valence-corrected chi connectivity index (χ1v) is 9.19. The van der Waals surface area contributed by atoms with Crippen molar-refractivity contribution in [3.05, 3.63) is 36.8 Å². The standard InChI is InChI=1S/C17H19F3N8O/c18-17(19,20)8-22-11-1-3-12(4-2-11)25-15(29)13-7-14-23-9-24-28(14)16(26-13)27-6-5-21-10-27/h5-7,9-12,22H,1-4,8H2,(H,25,29). The van der Waals surface area contributed by atoms with E-state index in [0.29, 0.717) is 37.3 Å². The van der Waals surface area contributed by atoms with Crippen LogP contribution in [0.25, 0.3) is 11.6 Å². The van der Waals surface area contributed by atoms with Crippen LogP contribution in [0.4, 0.5) is 13.2 Å². The van der Waals surface area contributed by atoms with Gasteiger partial charge in [0.25, 0.3) is 5.91 Å². The fourth-order valence-electron chi connectivity index (χ4n) is 3.43. The monoisotopic (exact) mass is 408 g/mol. The average molecular weight is 408 g/mol. The summed E-state index contributed by atoms with van der Waals surface area (Å²) in [6.45, 7) is -0.992. The first kappa shape index (κ1) is 19.3. The Balaban J connectivity index is 1.41. The lowest BCUT2D eigenvalue weighted by Crippen LogP contribution is -2.44. The van der Waals surface area contributed by atoms with E-state index in [-0.39, 0.29) is 23.7 Å². The maximum atomic E-state index is 12.7. The summed E-state index contributed by atoms with van der Waals surface area (Å²) in [5, 5.41) is 9.56. The minimum absolute atomic E-state index is 0.112. The van der Waals surface area contributed by atoms with Crippen molar-refractivity contribution in [2.75, 3.05) is 6.54 Å². The highest BCUT2D eigenvalue weighted by Crippen LogP contribution is 2.21. The number of fused-ring (bicyclic) bond motifs is 1. The fraction of sp³-hybridized carbons (Fsp3) is 0.471. The summed E-state index contributed by atoms with van der Waals surface area (Å²) in [5.74, 6) is 0.0197. The van der Waals surface area contributed by atoms with Crippen LogP contribution in [0.2, 0.25) is 0 Å². The van der Waals surface area contributed by atoms with Gasteiger partial charge in [0.2, 0.25) is 5.95 Å². The van der Waals surface area contributed by atoms with Crippen molar-refractivity contribution in [3.63, 3.8) is 0 Å². The number of hydrogen-bond acceptors (Lipinski definition) is 6. The van der Waals surface area contributed by atoms with Gasteiger partial charge in [-0.05, 0) is 25.7 Å². The second kappa shape index (κ2) is 7.78. The van der Waals surface area contributed by atoms with E-state index in [2.05, 4.69) is 30.7 Å². The minimum Gasteiger partial charge on any atom is -0.348 e. The van der Waals surface area contributed by atoms with Gasteiger partial charge in [-0.15, -0.1) is 0 Å². The van der Waals surface area contributed by atoms with E-state index in [1.54, 1.807) is 29.4 Å². The van der Waals surface area contributed by atoms with Gasteiger partial charge in [0.15, 0.2) is 5.65 Å². The Morgan fingerprint density at radius 3 is 2.66 bits per heavy atom. The highest BCUT2D eigenvalue weighted by Gasteiger charge is 2.30. The smallest absolute Gasteiger partial charge is 0.348 e. The van der Waals surface area contributed by atoms with Crippen molar-refractivity contribution in [3.8, 4) is 5.95 Å². The lowest BCUT2D eigenvalue weighted by atomic mass is 9.91. The van der Waals surface area contributed by atoms with Crippen LogP contribution in [0.5, 0.6) is 0 Å². The first-order chi connectivity index (χ1) is 13.9. The lowest BCUT2D eigenvalue weighted by molar-refractivity contribution is -0.126. The molecular formula is C17H19F3N8O. The van der Waals surface area contributed by atoms with E-state index in [1.165, 1.54) is 10.8 Å². The second-order valence-corrected chi connectivity index (χ2v) is 6.96. The SMILES string of the molecule is O=C(NC1CCC(NCC(F)(F)F)CC1)c1cc2ncnn2c(-n2ccnc2)n1. The summed E-state index contributed by atoms with van der Waals surface area (Å²) in [6.07, 6.45) is 4.29. The number of amides is 1. The molecule has 1 saturated carbocycles. The van der Waals surface area contributed by atoms with Crippen molar-refractivity contribution >= 4 is 11.6 Å². The van der Waals surface area contributed by atoms with Crippen molar-refractivity contribution in [1.29, 1.82) is 0 Å². The van der Waals surface area contributed by atoms with Crippen molar-refractivity contribution in [2.45, 2.75) is 43.9 Å². The molecule has 0 unspecified atom stereocenters. The van der Waals surface area contributed by atoms with E-state index in [0.717, 1.165) is 0 Å². The van der Waals surface area contributed by atoms with Gasteiger partial charge in [-0.2, -0.15) is 22.8 Å². The molecule has 3 heterocycles. The predicted molar refractivity (Wildman–Crippen MR) is 95.5 cm³/mol. The number of rotatable bonds is 5. The molecule has 3 aromatic rings. The Kier molecular flexibility index (Phi) is 5.18. The number of halogens is 3. The molecule has 1 amide bonds. The summed E-state index contributed by atoms with van der Waals surface area (Å²) in [5.41, 5.74) is 0.653. The van der Waals surface area contributed by atoms with Gasteiger partial charge in [-0.1, -0.05) is 0 Å². The zero-order chi connectivity index (χ0) is 20.4. The van der Waals surface area contributed by atoms with Crippen molar-refractivity contribution in [2.24, 2.45) is 0 Å². The molecule has 12 heteroatoms. The van der Waals surface area contributed by atoms with Crippen molar-refractivity contribution < 1.29 is 18.0 Å². The Labute approximate surface area is 163 Å². The minimum atomic E-state index is -4.22. The van der Waals surface area contributed by atoms with Gasteiger partial charge in [0.05, 0.1) is 6.54 Å². The number of aromatic nitrogens is 6. The van der Waals surface area contributed by atoms with Crippen molar-refractivity contribution in [1.82, 2.24) is 39.8 Å². The van der Waals surface area contributed by atoms with E-state index >= 15 is 0 Å². The highest BCUT2D eigenvalue weighted by molar-refractivity contribution is 5.93. The average Bonchev–Trinajstić information content (AvgIpc) is 3.37. The maximum absolute atomic E-state index is 12.7. The molecule has 154 valence electrons. The summed E-state index contributed by atoms with van der Waals surface area (Å²) in [4.78, 5) is 25.2. The Morgan fingerprint density at radius 1 is 1.21 bits per heavy atom. The van der Waals surface area contributed by atoms with Crippen LogP contribution in [0.3, 0.4) is 0 Å². The van der Waals surface area contributed by atoms with Gasteiger partial charge in [0, 0.05) is 30.5 Å². The third kappa shape index (κ3) is 4.53. The van der Waals surface area contributed by atoms with Crippen LogP contribution in [0.1, 0.15) is 36.2 Å². The number of nitrogens with zero attached hydrogens (tertiary/aromatic N) is 6. The largest absolute Gasteiger partial charge is 0.401 e. The van der Waals surface area contributed by atoms with Crippen LogP contribution in [0.15, 0.2) is 31.1 Å². The molecule has 0 bridgehead atoms. The molecule has 1 fully saturated rings. The summed E-state index contributed by atoms with van der Waals surface area (Å²) in [6, 6.07) is 1.24. The quantitative estimate of drug-likeness (QED) is 0.664. The molecule has 3 aromatic heterocycles. The Bertz CT molecular complexity index is 976. The van der Waals surface area contributed by atoms with Gasteiger partial charge in [-0.25, -0.2) is 15.0 Å². The van der Waals surface area contributed by atoms with Crippen LogP contribution in [0, 0.1) is 0 Å². The summed E-state index contributed by atoms with van der Waals surface area (Å²) < 4.78 is 40.1. The number of alkyl halides is 3. The molecule has 0 atom stereocenters. The van der Waals surface area contributed by atoms with Crippen LogP contribution in [-0.2, 0) is 0 Å². The van der Waals surface area contributed by atoms with E-state index in [1.807, 2.05) is 0 Å². The topological polar surface area (TPSA) is 102 Å². The fourth-order valence-corrected chi connectivity index (χ4v) is 3.43. The predicted octanol–water partition coefficient (Wildman–Crippen LogP) is 1.50. The molecule has 9 nitrogen and oxygen atoms in total. The molecule has 4 rings (SSSR count). The number of nitrogens with one attached hydrogen (secondary N) is 2. The number of carbonyl (C=O) groups excluding carboxylic acids is 1. The molecule has 1 aliphatic carbocycles. The lowest BCUT2D eigenvalue weighted by Gasteiger charge is -2.30. The van der Waals surface area contributed by atoms with Gasteiger partial charge in [0.1, 0.15) is 18.3 Å². The molecule has 0 aliphatic heterocycles. The molecule has 1 aliphatic rings. The second-order valence-electron chi connectivity index (χ2n) is 6.96. The highest BCUT2D eigenvalue weighted by atomic mass is 19.4. The van der Waals surface area contributed by atoms with Crippen LogP contribution >= 0.6 is 0 Å². The van der Waals surface area contributed by atoms with Crippen LogP contribution in [-0.4, -0.2) is 59.8 Å². The third-order valence-corrected chi connectivity index (χ3v) is 4.87. The maximum Gasteiger partial charge on any atom is 0.401 e. The summed E-state index contributed by atoms with van der Waals surface area (Å²) >= 11 is 0. The molecular weight excluding hydrogens is 389 g/mol. The number of imidazole rings is 1. The van der Waals surface area contributed by atoms with E-state index < -0.39 is 12.7 Å². The third-order valence-electron chi connectivity index (χ3n) is 4.87. The molecule has 0 radical (unpaired) electrons. The molecule has 0 aromatic carbocycles. The normalized spacial score (nSPS) is 20.1. The Morgan fingerprint density at radius 2 is 1.97 bits per heavy atom. The van der Waals surface area contributed by atoms with Crippen LogP contribution < -0.4 is 10.6 Å². The molecule has 29 heavy (non-hydrogen) atoms. The Hall–Kier alpha value is -3.02. The van der Waals surface area contributed by atoms with E-state index in [9.17, 15) is 18.0 Å². The number of hydrogen-bond donors (Lipinski definition) is 2.